The molecule has 0 heterocycles. The SMILES string of the molecule is CCNCC(=Cc1ccc(F)cc1C)CC. The molecular weight excluding hydrogens is 201 g/mol. The van der Waals surface area contributed by atoms with Crippen LogP contribution in [0.2, 0.25) is 0 Å². The Morgan fingerprint density at radius 3 is 2.69 bits per heavy atom. The maximum atomic E-state index is 12.9. The third-order valence-corrected chi connectivity index (χ3v) is 2.65. The van der Waals surface area contributed by atoms with Gasteiger partial charge in [-0.3, -0.25) is 0 Å². The largest absolute Gasteiger partial charge is 0.313 e. The lowest BCUT2D eigenvalue weighted by atomic mass is 10.0. The molecule has 0 aliphatic heterocycles. The second kappa shape index (κ2) is 6.44. The number of likely N-dealkylation sites (N-methyl/N-ethyl adjacent to an activating group) is 1. The van der Waals surface area contributed by atoms with Crippen LogP contribution in [0.3, 0.4) is 0 Å². The van der Waals surface area contributed by atoms with Crippen LogP contribution in [0, 0.1) is 12.7 Å². The number of nitrogens with one attached hydrogen (secondary N) is 1. The van der Waals surface area contributed by atoms with Crippen molar-refractivity contribution in [1.29, 1.82) is 0 Å². The maximum absolute atomic E-state index is 12.9. The first kappa shape index (κ1) is 12.9. The molecule has 1 N–H and O–H groups in total. The van der Waals surface area contributed by atoms with Crippen LogP contribution in [0.1, 0.15) is 31.4 Å². The van der Waals surface area contributed by atoms with E-state index in [1.165, 1.54) is 11.6 Å². The van der Waals surface area contributed by atoms with Crippen LogP contribution in [0.5, 0.6) is 0 Å². The van der Waals surface area contributed by atoms with E-state index in [0.717, 1.165) is 30.6 Å². The minimum absolute atomic E-state index is 0.167. The Kier molecular flexibility index (Phi) is 5.20. The van der Waals surface area contributed by atoms with Crippen LogP contribution < -0.4 is 5.32 Å². The van der Waals surface area contributed by atoms with Crippen molar-refractivity contribution >= 4 is 6.08 Å². The molecule has 0 aliphatic rings. The van der Waals surface area contributed by atoms with Crippen LogP contribution in [0.4, 0.5) is 4.39 Å². The van der Waals surface area contributed by atoms with Gasteiger partial charge in [0.1, 0.15) is 5.82 Å². The van der Waals surface area contributed by atoms with E-state index in [1.807, 2.05) is 13.0 Å². The van der Waals surface area contributed by atoms with Gasteiger partial charge in [0.2, 0.25) is 0 Å². The van der Waals surface area contributed by atoms with Gasteiger partial charge in [0.15, 0.2) is 0 Å². The van der Waals surface area contributed by atoms with Gasteiger partial charge in [-0.2, -0.15) is 0 Å². The Bertz CT molecular complexity index is 369. The van der Waals surface area contributed by atoms with Gasteiger partial charge in [-0.05, 0) is 43.1 Å². The molecular formula is C14H20FN. The van der Waals surface area contributed by atoms with Crippen LogP contribution in [0.15, 0.2) is 23.8 Å². The van der Waals surface area contributed by atoms with Gasteiger partial charge in [0, 0.05) is 6.54 Å². The van der Waals surface area contributed by atoms with E-state index in [2.05, 4.69) is 25.2 Å². The number of hydrogen-bond donors (Lipinski definition) is 1. The second-order valence-corrected chi connectivity index (χ2v) is 3.94. The topological polar surface area (TPSA) is 12.0 Å². The maximum Gasteiger partial charge on any atom is 0.123 e. The highest BCUT2D eigenvalue weighted by Crippen LogP contribution is 2.15. The molecule has 0 saturated carbocycles. The van der Waals surface area contributed by atoms with Gasteiger partial charge >= 0.3 is 0 Å². The molecule has 1 aromatic carbocycles. The van der Waals surface area contributed by atoms with E-state index >= 15 is 0 Å². The lowest BCUT2D eigenvalue weighted by Crippen LogP contribution is -2.15. The molecule has 0 saturated heterocycles. The average molecular weight is 221 g/mol. The van der Waals surface area contributed by atoms with E-state index in [4.69, 9.17) is 0 Å². The van der Waals surface area contributed by atoms with Crippen LogP contribution in [0.25, 0.3) is 6.08 Å². The predicted molar refractivity (Wildman–Crippen MR) is 67.9 cm³/mol. The number of benzene rings is 1. The van der Waals surface area contributed by atoms with Gasteiger partial charge < -0.3 is 5.32 Å². The van der Waals surface area contributed by atoms with Crippen LogP contribution >= 0.6 is 0 Å². The van der Waals surface area contributed by atoms with E-state index in [0.29, 0.717) is 0 Å². The fourth-order valence-electron chi connectivity index (χ4n) is 1.58. The molecule has 0 amide bonds. The Morgan fingerprint density at radius 1 is 1.38 bits per heavy atom. The van der Waals surface area contributed by atoms with Crippen molar-refractivity contribution in [2.45, 2.75) is 27.2 Å². The second-order valence-electron chi connectivity index (χ2n) is 3.94. The van der Waals surface area contributed by atoms with Crippen molar-refractivity contribution in [3.63, 3.8) is 0 Å². The number of halogens is 1. The summed E-state index contributed by atoms with van der Waals surface area (Å²) in [5.74, 6) is -0.167. The monoisotopic (exact) mass is 221 g/mol. The average Bonchev–Trinajstić information content (AvgIpc) is 2.27. The zero-order valence-electron chi connectivity index (χ0n) is 10.3. The van der Waals surface area contributed by atoms with Gasteiger partial charge in [0.05, 0.1) is 0 Å². The summed E-state index contributed by atoms with van der Waals surface area (Å²) in [4.78, 5) is 0. The molecule has 0 fully saturated rings. The summed E-state index contributed by atoms with van der Waals surface area (Å²) < 4.78 is 12.9. The molecule has 0 bridgehead atoms. The van der Waals surface area contributed by atoms with E-state index in [-0.39, 0.29) is 5.82 Å². The summed E-state index contributed by atoms with van der Waals surface area (Å²) in [6.45, 7) is 8.05. The lowest BCUT2D eigenvalue weighted by molar-refractivity contribution is 0.626. The van der Waals surface area contributed by atoms with E-state index in [1.54, 1.807) is 6.07 Å². The smallest absolute Gasteiger partial charge is 0.123 e. The summed E-state index contributed by atoms with van der Waals surface area (Å²) in [6.07, 6.45) is 3.17. The van der Waals surface area contributed by atoms with Crippen molar-refractivity contribution in [3.8, 4) is 0 Å². The van der Waals surface area contributed by atoms with Crippen molar-refractivity contribution < 1.29 is 4.39 Å². The molecule has 0 radical (unpaired) electrons. The quantitative estimate of drug-likeness (QED) is 0.802. The highest BCUT2D eigenvalue weighted by molar-refractivity contribution is 5.56. The molecule has 0 spiro atoms. The number of aryl methyl sites for hydroxylation is 1. The van der Waals surface area contributed by atoms with E-state index < -0.39 is 0 Å². The molecule has 0 atom stereocenters. The van der Waals surface area contributed by atoms with Crippen LogP contribution in [-0.2, 0) is 0 Å². The highest BCUT2D eigenvalue weighted by Gasteiger charge is 1.99. The van der Waals surface area contributed by atoms with Crippen molar-refractivity contribution in [1.82, 2.24) is 5.32 Å². The van der Waals surface area contributed by atoms with Gasteiger partial charge in [-0.25, -0.2) is 4.39 Å². The van der Waals surface area contributed by atoms with Gasteiger partial charge in [-0.15, -0.1) is 0 Å². The molecule has 16 heavy (non-hydrogen) atoms. The minimum Gasteiger partial charge on any atom is -0.313 e. The molecule has 1 aromatic rings. The third-order valence-electron chi connectivity index (χ3n) is 2.65. The predicted octanol–water partition coefficient (Wildman–Crippen LogP) is 3.54. The summed E-state index contributed by atoms with van der Waals surface area (Å²) in [5, 5.41) is 3.31. The summed E-state index contributed by atoms with van der Waals surface area (Å²) in [5.41, 5.74) is 3.44. The zero-order valence-corrected chi connectivity index (χ0v) is 10.3. The molecule has 0 aliphatic carbocycles. The van der Waals surface area contributed by atoms with Crippen molar-refractivity contribution in [2.75, 3.05) is 13.1 Å². The first-order valence-electron chi connectivity index (χ1n) is 5.83. The zero-order chi connectivity index (χ0) is 12.0. The third kappa shape index (κ3) is 3.78. The fraction of sp³-hybridized carbons (Fsp3) is 0.429. The fourth-order valence-corrected chi connectivity index (χ4v) is 1.58. The molecule has 2 heteroatoms. The van der Waals surface area contributed by atoms with Crippen molar-refractivity contribution in [3.05, 3.63) is 40.7 Å². The Morgan fingerprint density at radius 2 is 2.12 bits per heavy atom. The van der Waals surface area contributed by atoms with Gasteiger partial charge in [0.25, 0.3) is 0 Å². The highest BCUT2D eigenvalue weighted by atomic mass is 19.1. The molecule has 88 valence electrons. The molecule has 1 rings (SSSR count). The number of rotatable bonds is 5. The first-order chi connectivity index (χ1) is 7.67. The standard InChI is InChI=1S/C14H20FN/c1-4-12(10-16-5-2)9-13-6-7-14(15)8-11(13)3/h6-9,16H,4-5,10H2,1-3H3. The first-order valence-corrected chi connectivity index (χ1v) is 5.83. The van der Waals surface area contributed by atoms with Gasteiger partial charge in [-0.1, -0.05) is 31.6 Å². The minimum atomic E-state index is -0.167. The van der Waals surface area contributed by atoms with E-state index in [9.17, 15) is 4.39 Å². The number of hydrogen-bond acceptors (Lipinski definition) is 1. The van der Waals surface area contributed by atoms with Crippen molar-refractivity contribution in [2.24, 2.45) is 0 Å². The Labute approximate surface area is 97.4 Å². The molecule has 1 nitrogen and oxygen atoms in total. The molecule has 0 unspecified atom stereocenters. The van der Waals surface area contributed by atoms with Crippen LogP contribution in [-0.4, -0.2) is 13.1 Å². The molecule has 0 aromatic heterocycles. The Balaban J connectivity index is 2.86. The summed E-state index contributed by atoms with van der Waals surface area (Å²) in [6, 6.07) is 4.93. The summed E-state index contributed by atoms with van der Waals surface area (Å²) >= 11 is 0. The lowest BCUT2D eigenvalue weighted by Gasteiger charge is -2.07. The normalized spacial score (nSPS) is 11.9. The summed E-state index contributed by atoms with van der Waals surface area (Å²) in [7, 11) is 0. The Hall–Kier alpha value is -1.15.